The number of anilines is 1. The van der Waals surface area contributed by atoms with Gasteiger partial charge in [-0.2, -0.15) is 5.10 Å². The van der Waals surface area contributed by atoms with Gasteiger partial charge < -0.3 is 5.32 Å². The summed E-state index contributed by atoms with van der Waals surface area (Å²) >= 11 is 0. The van der Waals surface area contributed by atoms with E-state index in [9.17, 15) is 4.39 Å². The Morgan fingerprint density at radius 2 is 1.93 bits per heavy atom. The van der Waals surface area contributed by atoms with Gasteiger partial charge in [-0.1, -0.05) is 18.2 Å². The maximum atomic E-state index is 14.1. The first-order valence-electron chi connectivity index (χ1n) is 8.93. The molecule has 27 heavy (non-hydrogen) atoms. The normalized spacial score (nSPS) is 13.8. The van der Waals surface area contributed by atoms with Gasteiger partial charge in [-0.15, -0.1) is 0 Å². The highest BCUT2D eigenvalue weighted by Crippen LogP contribution is 2.27. The summed E-state index contributed by atoms with van der Waals surface area (Å²) in [5, 5.41) is 8.89. The van der Waals surface area contributed by atoms with Crippen molar-refractivity contribution in [2.24, 2.45) is 0 Å². The van der Waals surface area contributed by atoms with Crippen molar-refractivity contribution in [1.82, 2.24) is 24.7 Å². The molecule has 0 spiro atoms. The molecule has 6 nitrogen and oxygen atoms in total. The summed E-state index contributed by atoms with van der Waals surface area (Å²) in [6.45, 7) is 0.292. The Labute approximate surface area is 155 Å². The SMILES string of the molecule is Fc1ccccc1Cn1nc(-c2nccc(NC3CC3)n2)c2cccnc21. The molecule has 3 heterocycles. The second-order valence-electron chi connectivity index (χ2n) is 6.66. The third kappa shape index (κ3) is 3.12. The van der Waals surface area contributed by atoms with Crippen LogP contribution in [0.1, 0.15) is 18.4 Å². The van der Waals surface area contributed by atoms with E-state index in [4.69, 9.17) is 0 Å². The molecular weight excluding hydrogens is 343 g/mol. The van der Waals surface area contributed by atoms with Crippen molar-refractivity contribution in [2.75, 3.05) is 5.32 Å². The van der Waals surface area contributed by atoms with E-state index in [0.29, 0.717) is 35.3 Å². The molecule has 7 heteroatoms. The van der Waals surface area contributed by atoms with Gasteiger partial charge in [-0.3, -0.25) is 0 Å². The highest BCUT2D eigenvalue weighted by atomic mass is 19.1. The zero-order valence-electron chi connectivity index (χ0n) is 14.5. The first kappa shape index (κ1) is 15.9. The maximum Gasteiger partial charge on any atom is 0.182 e. The molecule has 0 atom stereocenters. The monoisotopic (exact) mass is 360 g/mol. The lowest BCUT2D eigenvalue weighted by molar-refractivity contribution is 0.589. The van der Waals surface area contributed by atoms with E-state index < -0.39 is 0 Å². The molecule has 1 aromatic carbocycles. The number of nitrogens with zero attached hydrogens (tertiary/aromatic N) is 5. The van der Waals surface area contributed by atoms with Gasteiger partial charge in [-0.05, 0) is 37.1 Å². The molecule has 134 valence electrons. The molecule has 1 fully saturated rings. The molecule has 0 saturated heterocycles. The smallest absolute Gasteiger partial charge is 0.182 e. The van der Waals surface area contributed by atoms with E-state index in [1.807, 2.05) is 24.3 Å². The number of pyridine rings is 1. The quantitative estimate of drug-likeness (QED) is 0.588. The lowest BCUT2D eigenvalue weighted by Gasteiger charge is -2.05. The summed E-state index contributed by atoms with van der Waals surface area (Å²) in [7, 11) is 0. The zero-order valence-corrected chi connectivity index (χ0v) is 14.5. The number of fused-ring (bicyclic) bond motifs is 1. The number of benzene rings is 1. The van der Waals surface area contributed by atoms with Gasteiger partial charge in [0.1, 0.15) is 17.3 Å². The van der Waals surface area contributed by atoms with Gasteiger partial charge in [-0.25, -0.2) is 24.0 Å². The van der Waals surface area contributed by atoms with Gasteiger partial charge in [0.05, 0.1) is 11.9 Å². The van der Waals surface area contributed by atoms with Crippen LogP contribution in [0.4, 0.5) is 10.2 Å². The van der Waals surface area contributed by atoms with E-state index >= 15 is 0 Å². The Morgan fingerprint density at radius 3 is 2.78 bits per heavy atom. The third-order valence-electron chi connectivity index (χ3n) is 4.58. The fourth-order valence-electron chi connectivity index (χ4n) is 3.06. The number of hydrogen-bond acceptors (Lipinski definition) is 5. The van der Waals surface area contributed by atoms with E-state index in [2.05, 4.69) is 25.4 Å². The van der Waals surface area contributed by atoms with Crippen molar-refractivity contribution in [2.45, 2.75) is 25.4 Å². The van der Waals surface area contributed by atoms with E-state index in [1.54, 1.807) is 29.2 Å². The maximum absolute atomic E-state index is 14.1. The Kier molecular flexibility index (Phi) is 3.78. The van der Waals surface area contributed by atoms with Gasteiger partial charge in [0.25, 0.3) is 0 Å². The Bertz CT molecular complexity index is 1120. The molecule has 3 aromatic heterocycles. The number of aromatic nitrogens is 5. The van der Waals surface area contributed by atoms with Crippen LogP contribution < -0.4 is 5.32 Å². The molecule has 0 amide bonds. The number of nitrogens with one attached hydrogen (secondary N) is 1. The number of halogens is 1. The van der Waals surface area contributed by atoms with Crippen molar-refractivity contribution in [1.29, 1.82) is 0 Å². The molecule has 1 aliphatic rings. The summed E-state index contributed by atoms with van der Waals surface area (Å²) in [6.07, 6.45) is 5.77. The van der Waals surface area contributed by atoms with Crippen LogP contribution in [0.5, 0.6) is 0 Å². The van der Waals surface area contributed by atoms with Crippen LogP contribution in [0.2, 0.25) is 0 Å². The summed E-state index contributed by atoms with van der Waals surface area (Å²) < 4.78 is 15.8. The van der Waals surface area contributed by atoms with Crippen molar-refractivity contribution in [3.63, 3.8) is 0 Å². The Balaban J connectivity index is 1.58. The van der Waals surface area contributed by atoms with Crippen molar-refractivity contribution >= 4 is 16.9 Å². The molecule has 0 aliphatic heterocycles. The van der Waals surface area contributed by atoms with Crippen LogP contribution in [-0.2, 0) is 6.54 Å². The molecule has 1 aliphatic carbocycles. The fourth-order valence-corrected chi connectivity index (χ4v) is 3.06. The summed E-state index contributed by atoms with van der Waals surface area (Å²) in [5.74, 6) is 1.07. The predicted molar refractivity (Wildman–Crippen MR) is 101 cm³/mol. The van der Waals surface area contributed by atoms with Crippen LogP contribution in [0, 0.1) is 5.82 Å². The highest BCUT2D eigenvalue weighted by Gasteiger charge is 2.22. The van der Waals surface area contributed by atoms with E-state index in [1.165, 1.54) is 18.9 Å². The van der Waals surface area contributed by atoms with Crippen molar-refractivity contribution < 1.29 is 4.39 Å². The highest BCUT2D eigenvalue weighted by molar-refractivity contribution is 5.89. The van der Waals surface area contributed by atoms with E-state index in [-0.39, 0.29) is 5.82 Å². The number of hydrogen-bond donors (Lipinski definition) is 1. The Hall–Kier alpha value is -3.35. The van der Waals surface area contributed by atoms with Gasteiger partial charge >= 0.3 is 0 Å². The summed E-state index contributed by atoms with van der Waals surface area (Å²) in [4.78, 5) is 13.4. The lowest BCUT2D eigenvalue weighted by Crippen LogP contribution is -2.05. The first-order chi connectivity index (χ1) is 13.3. The average molecular weight is 360 g/mol. The summed E-state index contributed by atoms with van der Waals surface area (Å²) in [6, 6.07) is 12.8. The second-order valence-corrected chi connectivity index (χ2v) is 6.66. The zero-order chi connectivity index (χ0) is 18.2. The molecule has 0 radical (unpaired) electrons. The van der Waals surface area contributed by atoms with Gasteiger partial charge in [0.15, 0.2) is 11.5 Å². The van der Waals surface area contributed by atoms with Crippen LogP contribution in [0.25, 0.3) is 22.6 Å². The van der Waals surface area contributed by atoms with Gasteiger partial charge in [0, 0.05) is 24.0 Å². The standard InChI is InChI=1S/C20H17FN6/c21-16-6-2-1-4-13(16)12-27-20-15(5-3-10-23-20)18(26-27)19-22-11-9-17(25-19)24-14-7-8-14/h1-6,9-11,14H,7-8,12H2,(H,22,24,25). The van der Waals surface area contributed by atoms with Crippen LogP contribution in [0.3, 0.4) is 0 Å². The molecular formula is C20H17FN6. The summed E-state index contributed by atoms with van der Waals surface area (Å²) in [5.41, 5.74) is 1.89. The molecule has 1 saturated carbocycles. The van der Waals surface area contributed by atoms with Crippen molar-refractivity contribution in [3.8, 4) is 11.5 Å². The minimum Gasteiger partial charge on any atom is -0.367 e. The fraction of sp³-hybridized carbons (Fsp3) is 0.200. The van der Waals surface area contributed by atoms with Crippen LogP contribution in [0.15, 0.2) is 54.9 Å². The molecule has 5 rings (SSSR count). The van der Waals surface area contributed by atoms with Crippen LogP contribution >= 0.6 is 0 Å². The first-order valence-corrected chi connectivity index (χ1v) is 8.93. The average Bonchev–Trinajstić information content (AvgIpc) is 3.43. The third-order valence-corrected chi connectivity index (χ3v) is 4.58. The predicted octanol–water partition coefficient (Wildman–Crippen LogP) is 3.65. The molecule has 4 aromatic rings. The topological polar surface area (TPSA) is 68.5 Å². The second kappa shape index (κ2) is 6.42. The van der Waals surface area contributed by atoms with E-state index in [0.717, 1.165) is 11.2 Å². The lowest BCUT2D eigenvalue weighted by atomic mass is 10.2. The van der Waals surface area contributed by atoms with Crippen LogP contribution in [-0.4, -0.2) is 30.8 Å². The number of rotatable bonds is 5. The van der Waals surface area contributed by atoms with Gasteiger partial charge in [0.2, 0.25) is 0 Å². The Morgan fingerprint density at radius 1 is 1.04 bits per heavy atom. The van der Waals surface area contributed by atoms with Crippen molar-refractivity contribution in [3.05, 3.63) is 66.2 Å². The largest absolute Gasteiger partial charge is 0.367 e. The molecule has 0 unspecified atom stereocenters. The minimum atomic E-state index is -0.259. The molecule has 1 N–H and O–H groups in total. The minimum absolute atomic E-state index is 0.259. The molecule has 0 bridgehead atoms.